The van der Waals surface area contributed by atoms with E-state index in [1.54, 1.807) is 0 Å². The third kappa shape index (κ3) is 1.89. The highest BCUT2D eigenvalue weighted by molar-refractivity contribution is 5.53. The molecule has 1 unspecified atom stereocenters. The van der Waals surface area contributed by atoms with Crippen LogP contribution >= 0.6 is 0 Å². The number of rotatable bonds is 1. The predicted octanol–water partition coefficient (Wildman–Crippen LogP) is 3.71. The van der Waals surface area contributed by atoms with E-state index in [-0.39, 0.29) is 13.0 Å². The SMILES string of the molecule is C.COC1=C[C@]23CCCN2CCc2cc4c(cc2[C@@H]3C1C)OCO4. The van der Waals surface area contributed by atoms with Gasteiger partial charge in [0.2, 0.25) is 6.79 Å². The fourth-order valence-corrected chi connectivity index (χ4v) is 5.36. The normalized spacial score (nSPS) is 33.0. The number of ether oxygens (including phenoxy) is 3. The minimum atomic E-state index is 0. The molecule has 4 nitrogen and oxygen atoms in total. The molecule has 4 heteroatoms. The monoisotopic (exact) mass is 329 g/mol. The van der Waals surface area contributed by atoms with Crippen molar-refractivity contribution in [3.63, 3.8) is 0 Å². The molecule has 1 spiro atoms. The van der Waals surface area contributed by atoms with Gasteiger partial charge in [0, 0.05) is 18.4 Å². The quantitative estimate of drug-likeness (QED) is 0.786. The van der Waals surface area contributed by atoms with E-state index in [0.717, 1.165) is 30.2 Å². The number of hydrogen-bond acceptors (Lipinski definition) is 4. The van der Waals surface area contributed by atoms with Crippen LogP contribution in [0, 0.1) is 5.92 Å². The zero-order valence-electron chi connectivity index (χ0n) is 13.8. The zero-order valence-corrected chi connectivity index (χ0v) is 13.8. The summed E-state index contributed by atoms with van der Waals surface area (Å²) in [6.45, 7) is 4.96. The lowest BCUT2D eigenvalue weighted by Crippen LogP contribution is -2.45. The van der Waals surface area contributed by atoms with Crippen LogP contribution in [0.25, 0.3) is 0 Å². The maximum Gasteiger partial charge on any atom is 0.231 e. The molecule has 0 amide bonds. The lowest BCUT2D eigenvalue weighted by molar-refractivity contribution is 0.154. The lowest BCUT2D eigenvalue weighted by Gasteiger charge is -2.39. The van der Waals surface area contributed by atoms with Crippen LogP contribution in [0.3, 0.4) is 0 Å². The van der Waals surface area contributed by atoms with Gasteiger partial charge < -0.3 is 14.2 Å². The number of allylic oxidation sites excluding steroid dienone is 1. The van der Waals surface area contributed by atoms with E-state index in [1.807, 2.05) is 7.11 Å². The van der Waals surface area contributed by atoms with Gasteiger partial charge in [-0.2, -0.15) is 0 Å². The van der Waals surface area contributed by atoms with Crippen LogP contribution in [-0.4, -0.2) is 37.4 Å². The summed E-state index contributed by atoms with van der Waals surface area (Å²) in [4.78, 5) is 2.69. The van der Waals surface area contributed by atoms with Gasteiger partial charge in [-0.1, -0.05) is 14.4 Å². The Labute approximate surface area is 144 Å². The number of fused-ring (bicyclic) bond motifs is 3. The highest BCUT2D eigenvalue weighted by Crippen LogP contribution is 2.56. The molecule has 3 aliphatic heterocycles. The first-order valence-electron chi connectivity index (χ1n) is 8.67. The fraction of sp³-hybridized carbons (Fsp3) is 0.600. The molecule has 1 saturated heterocycles. The van der Waals surface area contributed by atoms with Crippen molar-refractivity contribution in [2.45, 2.75) is 45.1 Å². The maximum absolute atomic E-state index is 5.75. The highest BCUT2D eigenvalue weighted by atomic mass is 16.7. The van der Waals surface area contributed by atoms with E-state index in [4.69, 9.17) is 14.2 Å². The standard InChI is InChI=1S/C19H23NO3.CH4/c1-12-17(21-2)10-19-5-3-6-20(19)7-4-13-8-15-16(23-11-22-15)9-14(13)18(12)19;/h8-10,12,18H,3-7,11H2,1-2H3;1H4/t12?,18-,19-;/m0./s1. The second kappa shape index (κ2) is 5.41. The summed E-state index contributed by atoms with van der Waals surface area (Å²) in [6, 6.07) is 4.46. The van der Waals surface area contributed by atoms with Gasteiger partial charge >= 0.3 is 0 Å². The van der Waals surface area contributed by atoms with Gasteiger partial charge in [0.15, 0.2) is 11.5 Å². The summed E-state index contributed by atoms with van der Waals surface area (Å²) in [5.74, 6) is 3.81. The largest absolute Gasteiger partial charge is 0.501 e. The van der Waals surface area contributed by atoms with Crippen LogP contribution in [0.1, 0.15) is 44.2 Å². The first-order valence-corrected chi connectivity index (χ1v) is 8.67. The Balaban J connectivity index is 0.00000146. The summed E-state index contributed by atoms with van der Waals surface area (Å²) >= 11 is 0. The van der Waals surface area contributed by atoms with Crippen molar-refractivity contribution in [1.29, 1.82) is 0 Å². The Morgan fingerprint density at radius 3 is 2.79 bits per heavy atom. The summed E-state index contributed by atoms with van der Waals surface area (Å²) in [5, 5.41) is 0. The first-order chi connectivity index (χ1) is 11.2. The van der Waals surface area contributed by atoms with Gasteiger partial charge in [0.25, 0.3) is 0 Å². The molecule has 130 valence electrons. The number of benzene rings is 1. The number of hydrogen-bond donors (Lipinski definition) is 0. The molecule has 1 aromatic rings. The van der Waals surface area contributed by atoms with Gasteiger partial charge in [-0.15, -0.1) is 0 Å². The number of nitrogens with zero attached hydrogens (tertiary/aromatic N) is 1. The molecule has 0 bridgehead atoms. The third-order valence-corrected chi connectivity index (χ3v) is 6.33. The smallest absolute Gasteiger partial charge is 0.231 e. The van der Waals surface area contributed by atoms with Gasteiger partial charge in [0.1, 0.15) is 0 Å². The van der Waals surface area contributed by atoms with Crippen LogP contribution in [-0.2, 0) is 11.2 Å². The molecule has 1 fully saturated rings. The van der Waals surface area contributed by atoms with Crippen molar-refractivity contribution in [3.8, 4) is 11.5 Å². The van der Waals surface area contributed by atoms with E-state index in [2.05, 4.69) is 30.0 Å². The molecule has 24 heavy (non-hydrogen) atoms. The number of methoxy groups -OCH3 is 1. The summed E-state index contributed by atoms with van der Waals surface area (Å²) in [6.07, 6.45) is 6.02. The van der Waals surface area contributed by atoms with Crippen LogP contribution in [0.4, 0.5) is 0 Å². The second-order valence-corrected chi connectivity index (χ2v) is 7.25. The predicted molar refractivity (Wildman–Crippen MR) is 93.5 cm³/mol. The van der Waals surface area contributed by atoms with E-state index in [1.165, 1.54) is 30.5 Å². The van der Waals surface area contributed by atoms with E-state index < -0.39 is 0 Å². The van der Waals surface area contributed by atoms with Crippen LogP contribution in [0.5, 0.6) is 11.5 Å². The lowest BCUT2D eigenvalue weighted by atomic mass is 9.75. The molecule has 3 heterocycles. The minimum Gasteiger partial charge on any atom is -0.501 e. The van der Waals surface area contributed by atoms with Crippen LogP contribution in [0.2, 0.25) is 0 Å². The average molecular weight is 329 g/mol. The fourth-order valence-electron chi connectivity index (χ4n) is 5.36. The molecule has 1 aliphatic carbocycles. The van der Waals surface area contributed by atoms with Gasteiger partial charge in [-0.25, -0.2) is 0 Å². The van der Waals surface area contributed by atoms with Crippen molar-refractivity contribution in [3.05, 3.63) is 35.1 Å². The van der Waals surface area contributed by atoms with Crippen LogP contribution < -0.4 is 9.47 Å². The molecule has 3 atom stereocenters. The Bertz CT molecular complexity index is 698. The van der Waals surface area contributed by atoms with Gasteiger partial charge in [-0.3, -0.25) is 4.90 Å². The van der Waals surface area contributed by atoms with E-state index >= 15 is 0 Å². The Morgan fingerprint density at radius 1 is 1.21 bits per heavy atom. The first kappa shape index (κ1) is 15.8. The molecule has 0 aromatic heterocycles. The molecule has 5 rings (SSSR count). The Morgan fingerprint density at radius 2 is 2.00 bits per heavy atom. The summed E-state index contributed by atoms with van der Waals surface area (Å²) < 4.78 is 17.0. The maximum atomic E-state index is 5.75. The zero-order chi connectivity index (χ0) is 15.6. The third-order valence-electron chi connectivity index (χ3n) is 6.33. The molecular formula is C20H27NO3. The molecule has 0 N–H and O–H groups in total. The van der Waals surface area contributed by atoms with Crippen molar-refractivity contribution in [1.82, 2.24) is 4.90 Å². The van der Waals surface area contributed by atoms with Crippen molar-refractivity contribution in [2.24, 2.45) is 5.92 Å². The summed E-state index contributed by atoms with van der Waals surface area (Å²) in [5.41, 5.74) is 2.99. The Kier molecular flexibility index (Phi) is 3.57. The van der Waals surface area contributed by atoms with Crippen LogP contribution in [0.15, 0.2) is 24.0 Å². The molecule has 0 radical (unpaired) electrons. The molecule has 4 aliphatic rings. The second-order valence-electron chi connectivity index (χ2n) is 7.25. The minimum absolute atomic E-state index is 0. The molecular weight excluding hydrogens is 302 g/mol. The summed E-state index contributed by atoms with van der Waals surface area (Å²) in [7, 11) is 1.81. The van der Waals surface area contributed by atoms with Crippen molar-refractivity contribution < 1.29 is 14.2 Å². The van der Waals surface area contributed by atoms with Gasteiger partial charge in [0.05, 0.1) is 18.4 Å². The Hall–Kier alpha value is -1.68. The molecule has 0 saturated carbocycles. The van der Waals surface area contributed by atoms with E-state index in [9.17, 15) is 0 Å². The topological polar surface area (TPSA) is 30.9 Å². The van der Waals surface area contributed by atoms with Gasteiger partial charge in [-0.05, 0) is 55.1 Å². The van der Waals surface area contributed by atoms with E-state index in [0.29, 0.717) is 18.6 Å². The highest BCUT2D eigenvalue weighted by Gasteiger charge is 2.55. The van der Waals surface area contributed by atoms with Crippen molar-refractivity contribution in [2.75, 3.05) is 27.0 Å². The average Bonchev–Trinajstić information content (AvgIpc) is 3.21. The van der Waals surface area contributed by atoms with Crippen molar-refractivity contribution >= 4 is 0 Å². The molecule has 1 aromatic carbocycles.